The minimum Gasteiger partial charge on any atom is -0.463 e. The minimum atomic E-state index is -0.983. The average Bonchev–Trinajstić information content (AvgIpc) is 3.44. The van der Waals surface area contributed by atoms with Crippen molar-refractivity contribution in [3.63, 3.8) is 0 Å². The number of nitrogens with zero attached hydrogens (tertiary/aromatic N) is 3. The Kier molecular flexibility index (Phi) is 6.79. The van der Waals surface area contributed by atoms with Crippen LogP contribution in [0.1, 0.15) is 55.9 Å². The molecule has 3 aliphatic rings. The van der Waals surface area contributed by atoms with Crippen molar-refractivity contribution >= 4 is 11.8 Å². The third-order valence-corrected chi connectivity index (χ3v) is 7.70. The van der Waals surface area contributed by atoms with Crippen molar-refractivity contribution < 1.29 is 18.7 Å². The molecule has 1 unspecified atom stereocenters. The van der Waals surface area contributed by atoms with E-state index in [1.54, 1.807) is 11.2 Å². The molecular formula is C26H36N4O4. The summed E-state index contributed by atoms with van der Waals surface area (Å²) in [6.07, 6.45) is 8.40. The van der Waals surface area contributed by atoms with Gasteiger partial charge in [0, 0.05) is 32.2 Å². The summed E-state index contributed by atoms with van der Waals surface area (Å²) in [6, 6.07) is 7.68. The summed E-state index contributed by atoms with van der Waals surface area (Å²) >= 11 is 0. The molecular weight excluding hydrogens is 432 g/mol. The predicted octanol–water partition coefficient (Wildman–Crippen LogP) is 3.13. The molecule has 4 heterocycles. The van der Waals surface area contributed by atoms with Gasteiger partial charge in [0.2, 0.25) is 5.91 Å². The molecule has 2 fully saturated rings. The van der Waals surface area contributed by atoms with Crippen molar-refractivity contribution in [2.24, 2.45) is 0 Å². The Morgan fingerprint density at radius 3 is 2.50 bits per heavy atom. The molecule has 1 N–H and O–H groups in total. The summed E-state index contributed by atoms with van der Waals surface area (Å²) in [5, 5.41) is 3.33. The Bertz CT molecular complexity index is 987. The maximum Gasteiger partial charge on any atom is 0.271 e. The summed E-state index contributed by atoms with van der Waals surface area (Å²) < 4.78 is 13.1. The lowest BCUT2D eigenvalue weighted by molar-refractivity contribution is -0.133. The number of hydrogen-bond donors (Lipinski definition) is 1. The number of furan rings is 1. The summed E-state index contributed by atoms with van der Waals surface area (Å²) in [4.78, 5) is 31.8. The smallest absolute Gasteiger partial charge is 0.271 e. The van der Waals surface area contributed by atoms with Crippen LogP contribution in [0.3, 0.4) is 0 Å². The van der Waals surface area contributed by atoms with Gasteiger partial charge in [-0.15, -0.1) is 0 Å². The van der Waals surface area contributed by atoms with Gasteiger partial charge in [-0.1, -0.05) is 25.7 Å². The standard InChI is InChI=1S/C26H36N4O4/c1-26(25(32)27-20-7-4-2-3-5-8-20)19-29-21(23-9-6-16-34-23)10-11-22(29)24(31)30(26)13-12-28-14-17-33-18-15-28/h6,9-11,16,20H,2-5,7-8,12-15,17-19H2,1H3,(H,27,32). The van der Waals surface area contributed by atoms with Crippen LogP contribution < -0.4 is 5.32 Å². The van der Waals surface area contributed by atoms with Gasteiger partial charge in [0.1, 0.15) is 17.0 Å². The number of aromatic nitrogens is 1. The van der Waals surface area contributed by atoms with E-state index in [1.807, 2.05) is 35.8 Å². The predicted molar refractivity (Wildman–Crippen MR) is 128 cm³/mol. The van der Waals surface area contributed by atoms with Crippen LogP contribution in [0, 0.1) is 0 Å². The molecule has 0 bridgehead atoms. The first kappa shape index (κ1) is 23.2. The van der Waals surface area contributed by atoms with Crippen molar-refractivity contribution in [1.29, 1.82) is 0 Å². The molecule has 184 valence electrons. The van der Waals surface area contributed by atoms with Gasteiger partial charge < -0.3 is 23.9 Å². The first-order chi connectivity index (χ1) is 16.6. The summed E-state index contributed by atoms with van der Waals surface area (Å²) in [6.45, 7) is 6.69. The molecule has 34 heavy (non-hydrogen) atoms. The van der Waals surface area contributed by atoms with Crippen molar-refractivity contribution in [3.8, 4) is 11.5 Å². The zero-order valence-corrected chi connectivity index (χ0v) is 20.1. The fourth-order valence-electron chi connectivity index (χ4n) is 5.59. The Labute approximate surface area is 201 Å². The second kappa shape index (κ2) is 9.96. The van der Waals surface area contributed by atoms with Crippen LogP contribution in [0.25, 0.3) is 11.5 Å². The normalized spacial score (nSPS) is 24.6. The lowest BCUT2D eigenvalue weighted by Gasteiger charge is -2.45. The zero-order chi connectivity index (χ0) is 23.5. The van der Waals surface area contributed by atoms with E-state index in [4.69, 9.17) is 9.15 Å². The Morgan fingerprint density at radius 2 is 1.79 bits per heavy atom. The SMILES string of the molecule is CC1(C(=O)NC2CCCCCC2)Cn2c(ccc2-c2ccco2)C(=O)N1CCN1CCOCC1. The van der Waals surface area contributed by atoms with Gasteiger partial charge in [-0.2, -0.15) is 0 Å². The van der Waals surface area contributed by atoms with Gasteiger partial charge in [0.05, 0.1) is 31.7 Å². The molecule has 8 heteroatoms. The quantitative estimate of drug-likeness (QED) is 0.659. The molecule has 8 nitrogen and oxygen atoms in total. The van der Waals surface area contributed by atoms with Crippen LogP contribution in [-0.2, 0) is 16.1 Å². The van der Waals surface area contributed by atoms with Crippen molar-refractivity contribution in [1.82, 2.24) is 19.7 Å². The van der Waals surface area contributed by atoms with Crippen LogP contribution in [0.15, 0.2) is 34.9 Å². The molecule has 0 aromatic carbocycles. The Morgan fingerprint density at radius 1 is 1.06 bits per heavy atom. The zero-order valence-electron chi connectivity index (χ0n) is 20.1. The van der Waals surface area contributed by atoms with E-state index in [0.717, 1.165) is 51.0 Å². The number of amides is 2. The van der Waals surface area contributed by atoms with Gasteiger partial charge in [0.15, 0.2) is 0 Å². The Balaban J connectivity index is 1.43. The van der Waals surface area contributed by atoms with Crippen LogP contribution in [0.2, 0.25) is 0 Å². The Hall–Kier alpha value is -2.58. The van der Waals surface area contributed by atoms with Crippen LogP contribution >= 0.6 is 0 Å². The van der Waals surface area contributed by atoms with Crippen LogP contribution in [-0.4, -0.2) is 77.2 Å². The van der Waals surface area contributed by atoms with E-state index in [9.17, 15) is 9.59 Å². The van der Waals surface area contributed by atoms with E-state index in [0.29, 0.717) is 37.8 Å². The molecule has 1 aliphatic carbocycles. The molecule has 0 spiro atoms. The van der Waals surface area contributed by atoms with Gasteiger partial charge in [-0.05, 0) is 44.0 Å². The fraction of sp³-hybridized carbons (Fsp3) is 0.615. The fourth-order valence-corrected chi connectivity index (χ4v) is 5.59. The van der Waals surface area contributed by atoms with E-state index in [1.165, 1.54) is 12.8 Å². The molecule has 2 amide bonds. The highest BCUT2D eigenvalue weighted by Crippen LogP contribution is 2.33. The highest BCUT2D eigenvalue weighted by Gasteiger charge is 2.48. The molecule has 1 atom stereocenters. The number of carbonyl (C=O) groups excluding carboxylic acids is 2. The lowest BCUT2D eigenvalue weighted by Crippen LogP contribution is -2.66. The molecule has 2 aromatic rings. The number of hydrogen-bond acceptors (Lipinski definition) is 5. The third-order valence-electron chi connectivity index (χ3n) is 7.70. The lowest BCUT2D eigenvalue weighted by atomic mass is 9.93. The van der Waals surface area contributed by atoms with E-state index >= 15 is 0 Å². The number of fused-ring (bicyclic) bond motifs is 1. The first-order valence-electron chi connectivity index (χ1n) is 12.7. The average molecular weight is 469 g/mol. The van der Waals surface area contributed by atoms with Crippen molar-refractivity contribution in [3.05, 3.63) is 36.2 Å². The molecule has 1 saturated heterocycles. The molecule has 2 aromatic heterocycles. The van der Waals surface area contributed by atoms with Crippen molar-refractivity contribution in [2.45, 2.75) is 63.6 Å². The van der Waals surface area contributed by atoms with Gasteiger partial charge in [-0.25, -0.2) is 0 Å². The number of ether oxygens (including phenoxy) is 1. The molecule has 5 rings (SSSR count). The summed E-state index contributed by atoms with van der Waals surface area (Å²) in [5.41, 5.74) is 0.450. The van der Waals surface area contributed by atoms with E-state index < -0.39 is 5.54 Å². The number of rotatable bonds is 6. The third kappa shape index (κ3) is 4.53. The molecule has 0 radical (unpaired) electrons. The van der Waals surface area contributed by atoms with Gasteiger partial charge >= 0.3 is 0 Å². The van der Waals surface area contributed by atoms with E-state index in [-0.39, 0.29) is 17.9 Å². The monoisotopic (exact) mass is 468 g/mol. The van der Waals surface area contributed by atoms with Crippen LogP contribution in [0.5, 0.6) is 0 Å². The second-order valence-electron chi connectivity index (χ2n) is 10.0. The summed E-state index contributed by atoms with van der Waals surface area (Å²) in [5.74, 6) is 0.544. The second-order valence-corrected chi connectivity index (χ2v) is 10.0. The summed E-state index contributed by atoms with van der Waals surface area (Å²) in [7, 11) is 0. The molecule has 2 aliphatic heterocycles. The maximum atomic E-state index is 13.9. The minimum absolute atomic E-state index is 0.0560. The van der Waals surface area contributed by atoms with Crippen LogP contribution in [0.4, 0.5) is 0 Å². The highest BCUT2D eigenvalue weighted by molar-refractivity contribution is 6.00. The maximum absolute atomic E-state index is 13.9. The van der Waals surface area contributed by atoms with Gasteiger partial charge in [-0.3, -0.25) is 14.5 Å². The van der Waals surface area contributed by atoms with E-state index in [2.05, 4.69) is 10.2 Å². The number of carbonyl (C=O) groups is 2. The van der Waals surface area contributed by atoms with Gasteiger partial charge in [0.25, 0.3) is 5.91 Å². The van der Waals surface area contributed by atoms with Crippen molar-refractivity contribution in [2.75, 3.05) is 39.4 Å². The largest absolute Gasteiger partial charge is 0.463 e. The highest BCUT2D eigenvalue weighted by atomic mass is 16.5. The molecule has 1 saturated carbocycles. The first-order valence-corrected chi connectivity index (χ1v) is 12.7. The topological polar surface area (TPSA) is 80.0 Å². The number of morpholine rings is 1. The number of nitrogens with one attached hydrogen (secondary N) is 1.